The van der Waals surface area contributed by atoms with E-state index in [1.807, 2.05) is 35.0 Å². The number of hydrogen-bond acceptors (Lipinski definition) is 7. The number of amides is 1. The molecule has 5 rings (SSSR count). The number of likely N-dealkylation sites (tertiary alicyclic amines) is 1. The van der Waals surface area contributed by atoms with E-state index >= 15 is 0 Å². The van der Waals surface area contributed by atoms with Gasteiger partial charge in [-0.2, -0.15) is 0 Å². The van der Waals surface area contributed by atoms with Crippen LogP contribution in [0, 0.1) is 5.92 Å². The van der Waals surface area contributed by atoms with Crippen LogP contribution in [-0.4, -0.2) is 72.3 Å². The Morgan fingerprint density at radius 1 is 1.15 bits per heavy atom. The lowest BCUT2D eigenvalue weighted by atomic mass is 10.0. The number of benzene rings is 1. The van der Waals surface area contributed by atoms with Crippen LogP contribution in [0.5, 0.6) is 0 Å². The molecular weight excluding hydrogens is 494 g/mol. The number of methoxy groups -OCH3 is 1. The minimum Gasteiger partial charge on any atom is -0.464 e. The first kappa shape index (κ1) is 27.1. The van der Waals surface area contributed by atoms with Gasteiger partial charge in [-0.05, 0) is 50.3 Å². The standard InChI is InChI=1S/C30H39N5O4/c1-3-34-15-11-23(12-16-34)32-24-18-25-26(33-29(36)22-13-17-39-20-22)27(30(37)38-2)35(28(25)31-19-24)14-7-10-21-8-5-4-6-9-21/h4-6,8-9,18-19,22-23,32H,3,7,10-17,20H2,1-2H3,(H,33,36)/t22-/m1/s1. The summed E-state index contributed by atoms with van der Waals surface area (Å²) >= 11 is 0. The average molecular weight is 534 g/mol. The van der Waals surface area contributed by atoms with Gasteiger partial charge in [0.25, 0.3) is 0 Å². The van der Waals surface area contributed by atoms with Crippen LogP contribution in [0.25, 0.3) is 11.0 Å². The highest BCUT2D eigenvalue weighted by Crippen LogP contribution is 2.34. The molecule has 0 radical (unpaired) electrons. The second kappa shape index (κ2) is 12.6. The lowest BCUT2D eigenvalue weighted by Gasteiger charge is -2.31. The van der Waals surface area contributed by atoms with Gasteiger partial charge in [-0.25, -0.2) is 9.78 Å². The lowest BCUT2D eigenvalue weighted by molar-refractivity contribution is -0.119. The molecule has 1 atom stereocenters. The normalized spacial score (nSPS) is 18.4. The van der Waals surface area contributed by atoms with Gasteiger partial charge in [0.15, 0.2) is 5.69 Å². The van der Waals surface area contributed by atoms with Gasteiger partial charge in [0.1, 0.15) is 5.65 Å². The smallest absolute Gasteiger partial charge is 0.356 e. The second-order valence-electron chi connectivity index (χ2n) is 10.5. The van der Waals surface area contributed by atoms with Crippen LogP contribution in [0.4, 0.5) is 11.4 Å². The van der Waals surface area contributed by atoms with Crippen LogP contribution in [0.15, 0.2) is 42.6 Å². The molecule has 2 aliphatic rings. The average Bonchev–Trinajstić information content (AvgIpc) is 3.61. The van der Waals surface area contributed by atoms with Crippen LogP contribution in [-0.2, 0) is 27.2 Å². The molecule has 208 valence electrons. The van der Waals surface area contributed by atoms with Crippen molar-refractivity contribution < 1.29 is 19.1 Å². The quantitative estimate of drug-likeness (QED) is 0.375. The summed E-state index contributed by atoms with van der Waals surface area (Å²) in [4.78, 5) is 33.6. The topological polar surface area (TPSA) is 97.7 Å². The maximum Gasteiger partial charge on any atom is 0.356 e. The van der Waals surface area contributed by atoms with E-state index in [9.17, 15) is 9.59 Å². The number of carbonyl (C=O) groups excluding carboxylic acids is 2. The molecule has 4 heterocycles. The van der Waals surface area contributed by atoms with E-state index in [1.54, 1.807) is 0 Å². The summed E-state index contributed by atoms with van der Waals surface area (Å²) in [6.07, 6.45) is 6.28. The summed E-state index contributed by atoms with van der Waals surface area (Å²) in [6, 6.07) is 12.6. The molecule has 9 nitrogen and oxygen atoms in total. The molecular formula is C30H39N5O4. The molecule has 3 aromatic rings. The van der Waals surface area contributed by atoms with Gasteiger partial charge in [-0.3, -0.25) is 4.79 Å². The Morgan fingerprint density at radius 2 is 1.95 bits per heavy atom. The van der Waals surface area contributed by atoms with E-state index in [2.05, 4.69) is 34.6 Å². The molecule has 2 N–H and O–H groups in total. The first-order chi connectivity index (χ1) is 19.1. The monoisotopic (exact) mass is 533 g/mol. The molecule has 2 saturated heterocycles. The van der Waals surface area contributed by atoms with Crippen molar-refractivity contribution in [3.05, 3.63) is 53.9 Å². The molecule has 1 amide bonds. The number of aryl methyl sites for hydroxylation is 2. The van der Waals surface area contributed by atoms with Gasteiger partial charge in [0.05, 0.1) is 37.2 Å². The third-order valence-corrected chi connectivity index (χ3v) is 7.92. The number of rotatable bonds is 10. The van der Waals surface area contributed by atoms with Crippen LogP contribution in [0.1, 0.15) is 48.7 Å². The van der Waals surface area contributed by atoms with E-state index in [0.717, 1.165) is 56.4 Å². The number of hydrogen-bond donors (Lipinski definition) is 2. The molecule has 1 aromatic carbocycles. The highest BCUT2D eigenvalue weighted by atomic mass is 16.5. The number of fused-ring (bicyclic) bond motifs is 1. The predicted molar refractivity (Wildman–Crippen MR) is 152 cm³/mol. The molecule has 2 fully saturated rings. The summed E-state index contributed by atoms with van der Waals surface area (Å²) in [7, 11) is 1.37. The predicted octanol–water partition coefficient (Wildman–Crippen LogP) is 4.33. The van der Waals surface area contributed by atoms with Gasteiger partial charge >= 0.3 is 5.97 Å². The number of piperidine rings is 1. The number of nitrogens with zero attached hydrogens (tertiary/aromatic N) is 3. The zero-order valence-electron chi connectivity index (χ0n) is 22.9. The van der Waals surface area contributed by atoms with Crippen molar-refractivity contribution in [2.24, 2.45) is 5.92 Å². The van der Waals surface area contributed by atoms with E-state index in [-0.39, 0.29) is 11.8 Å². The van der Waals surface area contributed by atoms with E-state index in [4.69, 9.17) is 14.5 Å². The fourth-order valence-corrected chi connectivity index (χ4v) is 5.64. The zero-order chi connectivity index (χ0) is 27.2. The summed E-state index contributed by atoms with van der Waals surface area (Å²) < 4.78 is 12.5. The Hall–Kier alpha value is -3.43. The van der Waals surface area contributed by atoms with Crippen molar-refractivity contribution in [1.29, 1.82) is 0 Å². The Labute approximate surface area is 229 Å². The highest BCUT2D eigenvalue weighted by Gasteiger charge is 2.30. The number of aromatic nitrogens is 2. The van der Waals surface area contributed by atoms with Gasteiger partial charge < -0.3 is 29.6 Å². The zero-order valence-corrected chi connectivity index (χ0v) is 22.9. The number of nitrogens with one attached hydrogen (secondary N) is 2. The fourth-order valence-electron chi connectivity index (χ4n) is 5.64. The largest absolute Gasteiger partial charge is 0.464 e. The molecule has 2 aromatic heterocycles. The Balaban J connectivity index is 1.47. The van der Waals surface area contributed by atoms with Gasteiger partial charge in [0, 0.05) is 37.7 Å². The van der Waals surface area contributed by atoms with Gasteiger partial charge in [0.2, 0.25) is 5.91 Å². The van der Waals surface area contributed by atoms with E-state index in [0.29, 0.717) is 49.2 Å². The molecule has 0 unspecified atom stereocenters. The minimum atomic E-state index is -0.493. The van der Waals surface area contributed by atoms with Gasteiger partial charge in [-0.15, -0.1) is 0 Å². The first-order valence-corrected chi connectivity index (χ1v) is 14.1. The Morgan fingerprint density at radius 3 is 2.64 bits per heavy atom. The fraction of sp³-hybridized carbons (Fsp3) is 0.500. The maximum atomic E-state index is 13.2. The van der Waals surface area contributed by atoms with E-state index in [1.165, 1.54) is 12.7 Å². The summed E-state index contributed by atoms with van der Waals surface area (Å²) in [5.41, 5.74) is 3.57. The lowest BCUT2D eigenvalue weighted by Crippen LogP contribution is -2.38. The number of esters is 1. The number of pyridine rings is 1. The van der Waals surface area contributed by atoms with Crippen molar-refractivity contribution in [3.8, 4) is 0 Å². The van der Waals surface area contributed by atoms with Gasteiger partial charge in [-0.1, -0.05) is 37.3 Å². The Bertz CT molecular complexity index is 1280. The SMILES string of the molecule is CCN1CCC(Nc2cnc3c(c2)c(NC(=O)[C@@H]2CCOC2)c(C(=O)OC)n3CCCc2ccccc2)CC1. The highest BCUT2D eigenvalue weighted by molar-refractivity contribution is 6.11. The molecule has 39 heavy (non-hydrogen) atoms. The molecule has 0 spiro atoms. The summed E-state index contributed by atoms with van der Waals surface area (Å²) in [5, 5.41) is 7.45. The number of anilines is 2. The first-order valence-electron chi connectivity index (χ1n) is 14.1. The molecule has 0 saturated carbocycles. The van der Waals surface area contributed by atoms with E-state index < -0.39 is 5.97 Å². The van der Waals surface area contributed by atoms with Crippen LogP contribution < -0.4 is 10.6 Å². The van der Waals surface area contributed by atoms with Crippen LogP contribution in [0.2, 0.25) is 0 Å². The van der Waals surface area contributed by atoms with Crippen molar-refractivity contribution in [2.75, 3.05) is 50.6 Å². The number of ether oxygens (including phenoxy) is 2. The summed E-state index contributed by atoms with van der Waals surface area (Å²) in [5.74, 6) is -0.886. The molecule has 9 heteroatoms. The maximum absolute atomic E-state index is 13.2. The third kappa shape index (κ3) is 6.25. The van der Waals surface area contributed by atoms with Crippen molar-refractivity contribution >= 4 is 34.3 Å². The Kier molecular flexibility index (Phi) is 8.78. The molecule has 2 aliphatic heterocycles. The van der Waals surface area contributed by atoms with Crippen molar-refractivity contribution in [2.45, 2.75) is 51.6 Å². The van der Waals surface area contributed by atoms with Crippen LogP contribution >= 0.6 is 0 Å². The van der Waals surface area contributed by atoms with Crippen LogP contribution in [0.3, 0.4) is 0 Å². The summed E-state index contributed by atoms with van der Waals surface area (Å²) in [6.45, 7) is 6.92. The molecule has 0 bridgehead atoms. The minimum absolute atomic E-state index is 0.147. The van der Waals surface area contributed by atoms with Crippen molar-refractivity contribution in [1.82, 2.24) is 14.5 Å². The second-order valence-corrected chi connectivity index (χ2v) is 10.5. The third-order valence-electron chi connectivity index (χ3n) is 7.92. The number of carbonyl (C=O) groups is 2. The van der Waals surface area contributed by atoms with Crippen molar-refractivity contribution in [3.63, 3.8) is 0 Å². The molecule has 0 aliphatic carbocycles.